The van der Waals surface area contributed by atoms with Crippen molar-refractivity contribution >= 4 is 34.7 Å². The maximum absolute atomic E-state index is 14.1. The highest BCUT2D eigenvalue weighted by atomic mass is 32.2. The van der Waals surface area contributed by atoms with E-state index in [1.165, 1.54) is 12.1 Å². The van der Waals surface area contributed by atoms with Gasteiger partial charge in [-0.25, -0.2) is 4.39 Å². The van der Waals surface area contributed by atoms with E-state index in [4.69, 9.17) is 0 Å². The second-order valence-electron chi connectivity index (χ2n) is 4.76. The van der Waals surface area contributed by atoms with Crippen LogP contribution in [0.3, 0.4) is 0 Å². The van der Waals surface area contributed by atoms with Crippen molar-refractivity contribution in [2.75, 3.05) is 18.0 Å². The minimum atomic E-state index is -0.427. The van der Waals surface area contributed by atoms with E-state index < -0.39 is 11.1 Å². The number of hydrogen-bond acceptors (Lipinski definition) is 4. The molecule has 1 aromatic rings. The Morgan fingerprint density at radius 2 is 2.00 bits per heavy atom. The molecular weight excluding hydrogens is 279 g/mol. The van der Waals surface area contributed by atoms with Crippen LogP contribution in [-0.2, 0) is 4.79 Å². The van der Waals surface area contributed by atoms with Gasteiger partial charge in [-0.05, 0) is 48.4 Å². The van der Waals surface area contributed by atoms with Gasteiger partial charge in [0.05, 0.1) is 10.6 Å². The molecule has 2 aliphatic rings. The van der Waals surface area contributed by atoms with Crippen LogP contribution >= 0.6 is 11.8 Å². The summed E-state index contributed by atoms with van der Waals surface area (Å²) in [6, 6.07) is 4.89. The lowest BCUT2D eigenvalue weighted by atomic mass is 10.1. The Balaban J connectivity index is 1.85. The van der Waals surface area contributed by atoms with Crippen LogP contribution < -0.4 is 10.2 Å². The van der Waals surface area contributed by atoms with Gasteiger partial charge in [-0.2, -0.15) is 0 Å². The zero-order valence-electron chi connectivity index (χ0n) is 10.7. The molecule has 2 aliphatic heterocycles. The predicted molar refractivity (Wildman–Crippen MR) is 77.0 cm³/mol. The standard InChI is InChI=1S/C14H13FN2O2S/c15-10-7-9(8-12-13(18)16-14(19)20-12)3-4-11(10)17-5-1-2-6-17/h3-4,7-8H,1-2,5-6H2,(H,16,18,19)/b12-8-. The molecule has 2 amide bonds. The summed E-state index contributed by atoms with van der Waals surface area (Å²) in [5.74, 6) is -0.722. The van der Waals surface area contributed by atoms with Crippen LogP contribution in [0, 0.1) is 5.82 Å². The third kappa shape index (κ3) is 2.56. The third-order valence-corrected chi connectivity index (χ3v) is 4.17. The summed E-state index contributed by atoms with van der Waals surface area (Å²) in [5.41, 5.74) is 1.18. The SMILES string of the molecule is O=C1NC(=O)/C(=C/c2ccc(N3CCCC3)c(F)c2)S1. The van der Waals surface area contributed by atoms with Crippen molar-refractivity contribution in [3.05, 3.63) is 34.5 Å². The van der Waals surface area contributed by atoms with Gasteiger partial charge in [0.1, 0.15) is 5.82 Å². The Kier molecular flexibility index (Phi) is 3.48. The Morgan fingerprint density at radius 3 is 2.60 bits per heavy atom. The van der Waals surface area contributed by atoms with Gasteiger partial charge in [0.15, 0.2) is 0 Å². The number of benzene rings is 1. The summed E-state index contributed by atoms with van der Waals surface area (Å²) in [5, 5.41) is 1.78. The van der Waals surface area contributed by atoms with Crippen LogP contribution in [-0.4, -0.2) is 24.2 Å². The summed E-state index contributed by atoms with van der Waals surface area (Å²) >= 11 is 0.833. The van der Waals surface area contributed by atoms with Crippen molar-refractivity contribution in [3.8, 4) is 0 Å². The summed E-state index contributed by atoms with van der Waals surface area (Å²) in [4.78, 5) is 24.8. The summed E-state index contributed by atoms with van der Waals surface area (Å²) in [7, 11) is 0. The lowest BCUT2D eigenvalue weighted by Gasteiger charge is -2.18. The lowest BCUT2D eigenvalue weighted by Crippen LogP contribution is -2.19. The first-order valence-corrected chi connectivity index (χ1v) is 7.24. The molecule has 1 aromatic carbocycles. The van der Waals surface area contributed by atoms with Crippen molar-refractivity contribution < 1.29 is 14.0 Å². The Morgan fingerprint density at radius 1 is 1.25 bits per heavy atom. The number of rotatable bonds is 2. The van der Waals surface area contributed by atoms with Crippen molar-refractivity contribution in [2.45, 2.75) is 12.8 Å². The highest BCUT2D eigenvalue weighted by Crippen LogP contribution is 2.28. The zero-order valence-corrected chi connectivity index (χ0v) is 11.5. The number of anilines is 1. The fourth-order valence-electron chi connectivity index (χ4n) is 2.40. The molecule has 0 bridgehead atoms. The minimum Gasteiger partial charge on any atom is -0.369 e. The quantitative estimate of drug-likeness (QED) is 0.852. The maximum atomic E-state index is 14.1. The molecule has 1 N–H and O–H groups in total. The number of nitrogens with zero attached hydrogens (tertiary/aromatic N) is 1. The summed E-state index contributed by atoms with van der Waals surface area (Å²) < 4.78 is 14.1. The number of carbonyl (C=O) groups is 2. The molecule has 3 rings (SSSR count). The zero-order chi connectivity index (χ0) is 14.1. The van der Waals surface area contributed by atoms with E-state index in [9.17, 15) is 14.0 Å². The normalized spacial score (nSPS) is 20.9. The van der Waals surface area contributed by atoms with Crippen LogP contribution in [0.5, 0.6) is 0 Å². The molecule has 2 saturated heterocycles. The van der Waals surface area contributed by atoms with Crippen LogP contribution in [0.15, 0.2) is 23.1 Å². The fourth-order valence-corrected chi connectivity index (χ4v) is 3.08. The minimum absolute atomic E-state index is 0.295. The van der Waals surface area contributed by atoms with E-state index in [0.29, 0.717) is 16.2 Å². The van der Waals surface area contributed by atoms with Gasteiger partial charge in [0.2, 0.25) is 0 Å². The third-order valence-electron chi connectivity index (χ3n) is 3.36. The number of imide groups is 1. The molecule has 0 aliphatic carbocycles. The van der Waals surface area contributed by atoms with E-state index in [1.807, 2.05) is 4.90 Å². The first-order valence-electron chi connectivity index (χ1n) is 6.43. The monoisotopic (exact) mass is 292 g/mol. The summed E-state index contributed by atoms with van der Waals surface area (Å²) in [6.45, 7) is 1.76. The molecule has 104 valence electrons. The molecule has 0 unspecified atom stereocenters. The smallest absolute Gasteiger partial charge is 0.290 e. The van der Waals surface area contributed by atoms with Gasteiger partial charge < -0.3 is 4.90 Å². The Labute approximate surface area is 120 Å². The van der Waals surface area contributed by atoms with Gasteiger partial charge >= 0.3 is 0 Å². The molecule has 0 saturated carbocycles. The molecule has 0 radical (unpaired) electrons. The van der Waals surface area contributed by atoms with Crippen LogP contribution in [0.25, 0.3) is 6.08 Å². The highest BCUT2D eigenvalue weighted by Gasteiger charge is 2.25. The number of amides is 2. The van der Waals surface area contributed by atoms with E-state index in [-0.39, 0.29) is 5.82 Å². The predicted octanol–water partition coefficient (Wildman–Crippen LogP) is 2.75. The number of halogens is 1. The number of hydrogen-bond donors (Lipinski definition) is 1. The molecule has 2 heterocycles. The average Bonchev–Trinajstić information content (AvgIpc) is 3.00. The molecule has 6 heteroatoms. The fraction of sp³-hybridized carbons (Fsp3) is 0.286. The van der Waals surface area contributed by atoms with Gasteiger partial charge in [-0.3, -0.25) is 14.9 Å². The molecular formula is C14H13FN2O2S. The lowest BCUT2D eigenvalue weighted by molar-refractivity contribution is -0.115. The van der Waals surface area contributed by atoms with E-state index in [1.54, 1.807) is 12.1 Å². The van der Waals surface area contributed by atoms with Crippen molar-refractivity contribution in [1.82, 2.24) is 5.32 Å². The second kappa shape index (κ2) is 5.28. The Hall–Kier alpha value is -1.82. The van der Waals surface area contributed by atoms with E-state index in [2.05, 4.69) is 5.32 Å². The van der Waals surface area contributed by atoms with Crippen molar-refractivity contribution in [2.24, 2.45) is 0 Å². The maximum Gasteiger partial charge on any atom is 0.290 e. The largest absolute Gasteiger partial charge is 0.369 e. The summed E-state index contributed by atoms with van der Waals surface area (Å²) in [6.07, 6.45) is 3.70. The first kappa shape index (κ1) is 13.2. The number of thioether (sulfide) groups is 1. The van der Waals surface area contributed by atoms with Gasteiger partial charge in [-0.15, -0.1) is 0 Å². The van der Waals surface area contributed by atoms with Crippen LogP contribution in [0.4, 0.5) is 14.9 Å². The van der Waals surface area contributed by atoms with Crippen molar-refractivity contribution in [1.29, 1.82) is 0 Å². The van der Waals surface area contributed by atoms with Crippen molar-refractivity contribution in [3.63, 3.8) is 0 Å². The second-order valence-corrected chi connectivity index (χ2v) is 5.77. The topological polar surface area (TPSA) is 49.4 Å². The van der Waals surface area contributed by atoms with Gasteiger partial charge in [-0.1, -0.05) is 6.07 Å². The molecule has 20 heavy (non-hydrogen) atoms. The highest BCUT2D eigenvalue weighted by molar-refractivity contribution is 8.18. The van der Waals surface area contributed by atoms with Gasteiger partial charge in [0, 0.05) is 13.1 Å². The van der Waals surface area contributed by atoms with Crippen LogP contribution in [0.1, 0.15) is 18.4 Å². The number of nitrogens with one attached hydrogen (secondary N) is 1. The molecule has 4 nitrogen and oxygen atoms in total. The van der Waals surface area contributed by atoms with Crippen LogP contribution in [0.2, 0.25) is 0 Å². The molecule has 0 atom stereocenters. The van der Waals surface area contributed by atoms with Gasteiger partial charge in [0.25, 0.3) is 11.1 Å². The molecule has 2 fully saturated rings. The average molecular weight is 292 g/mol. The molecule has 0 aromatic heterocycles. The van der Waals surface area contributed by atoms with E-state index >= 15 is 0 Å². The molecule has 0 spiro atoms. The Bertz CT molecular complexity index is 609. The number of carbonyl (C=O) groups excluding carboxylic acids is 2. The first-order chi connectivity index (χ1) is 9.63. The van der Waals surface area contributed by atoms with E-state index in [0.717, 1.165) is 37.7 Å².